The molecule has 3 aromatic heterocycles. The highest BCUT2D eigenvalue weighted by Crippen LogP contribution is 2.23. The molecule has 5 aromatic rings. The lowest BCUT2D eigenvalue weighted by Crippen LogP contribution is -2.13. The van der Waals surface area contributed by atoms with Crippen LogP contribution in [0.1, 0.15) is 21.7 Å². The van der Waals surface area contributed by atoms with Crippen molar-refractivity contribution >= 4 is 22.6 Å². The zero-order valence-electron chi connectivity index (χ0n) is 17.4. The predicted octanol–water partition coefficient (Wildman–Crippen LogP) is 4.82. The number of carbonyl (C=O) groups is 1. The zero-order valence-corrected chi connectivity index (χ0v) is 17.4. The van der Waals surface area contributed by atoms with Gasteiger partial charge in [-0.05, 0) is 62.4 Å². The van der Waals surface area contributed by atoms with Crippen LogP contribution < -0.4 is 5.32 Å². The predicted molar refractivity (Wildman–Crippen MR) is 120 cm³/mol. The summed E-state index contributed by atoms with van der Waals surface area (Å²) in [4.78, 5) is 24.7. The molecule has 2 aromatic carbocycles. The highest BCUT2D eigenvalue weighted by atomic mass is 19.1. The second kappa shape index (κ2) is 7.73. The van der Waals surface area contributed by atoms with Crippen molar-refractivity contribution < 1.29 is 9.18 Å². The molecule has 0 spiro atoms. The fourth-order valence-electron chi connectivity index (χ4n) is 3.57. The molecule has 0 bridgehead atoms. The average Bonchev–Trinajstić information content (AvgIpc) is 3.36. The van der Waals surface area contributed by atoms with E-state index in [1.807, 2.05) is 19.9 Å². The monoisotopic (exact) mass is 426 g/mol. The SMILES string of the molecule is Cc1cc(C)n(-c2ccc(C(=O)Nc3ccc4nc(-c5cccc(F)c5)[nH]c4c3)cn2)n1. The normalized spacial score (nSPS) is 11.1. The van der Waals surface area contributed by atoms with E-state index < -0.39 is 0 Å². The summed E-state index contributed by atoms with van der Waals surface area (Å²) in [7, 11) is 0. The molecule has 5 rings (SSSR count). The van der Waals surface area contributed by atoms with Gasteiger partial charge < -0.3 is 10.3 Å². The van der Waals surface area contributed by atoms with Crippen LogP contribution in [0.2, 0.25) is 0 Å². The molecule has 3 heterocycles. The maximum absolute atomic E-state index is 13.5. The number of nitrogens with one attached hydrogen (secondary N) is 2. The number of anilines is 1. The molecule has 0 aliphatic carbocycles. The summed E-state index contributed by atoms with van der Waals surface area (Å²) >= 11 is 0. The summed E-state index contributed by atoms with van der Waals surface area (Å²) in [5, 5.41) is 7.28. The molecule has 0 radical (unpaired) electrons. The number of rotatable bonds is 4. The Morgan fingerprint density at radius 3 is 2.66 bits per heavy atom. The molecule has 2 N–H and O–H groups in total. The minimum absolute atomic E-state index is 0.276. The van der Waals surface area contributed by atoms with Crippen LogP contribution in [0.15, 0.2) is 66.9 Å². The fraction of sp³-hybridized carbons (Fsp3) is 0.0833. The van der Waals surface area contributed by atoms with Crippen LogP contribution in [0.3, 0.4) is 0 Å². The van der Waals surface area contributed by atoms with E-state index in [9.17, 15) is 9.18 Å². The minimum atomic E-state index is -0.326. The largest absolute Gasteiger partial charge is 0.338 e. The molecule has 32 heavy (non-hydrogen) atoms. The molecule has 0 aliphatic rings. The Morgan fingerprint density at radius 2 is 1.94 bits per heavy atom. The van der Waals surface area contributed by atoms with Crippen LogP contribution >= 0.6 is 0 Å². The van der Waals surface area contributed by atoms with Crippen molar-refractivity contribution in [3.63, 3.8) is 0 Å². The first-order valence-corrected chi connectivity index (χ1v) is 10.0. The summed E-state index contributed by atoms with van der Waals surface area (Å²) in [6, 6.07) is 17.0. The average molecular weight is 426 g/mol. The van der Waals surface area contributed by atoms with Gasteiger partial charge >= 0.3 is 0 Å². The lowest BCUT2D eigenvalue weighted by atomic mass is 10.2. The lowest BCUT2D eigenvalue weighted by molar-refractivity contribution is 0.102. The standard InChI is InChI=1S/C24H19FN6O/c1-14-10-15(2)31(30-14)22-9-6-17(13-26-22)24(32)27-19-7-8-20-21(12-19)29-23(28-20)16-4-3-5-18(25)11-16/h3-13H,1-2H3,(H,27,32)(H,28,29). The van der Waals surface area contributed by atoms with Gasteiger partial charge in [0.15, 0.2) is 5.82 Å². The second-order valence-electron chi connectivity index (χ2n) is 7.53. The molecule has 0 atom stereocenters. The third-order valence-corrected chi connectivity index (χ3v) is 5.07. The summed E-state index contributed by atoms with van der Waals surface area (Å²) in [6.45, 7) is 3.87. The fourth-order valence-corrected chi connectivity index (χ4v) is 3.57. The Bertz CT molecular complexity index is 1450. The first-order chi connectivity index (χ1) is 15.5. The molecule has 0 saturated carbocycles. The number of fused-ring (bicyclic) bond motifs is 1. The maximum Gasteiger partial charge on any atom is 0.257 e. The molecule has 8 heteroatoms. The van der Waals surface area contributed by atoms with Crippen LogP contribution in [-0.2, 0) is 0 Å². The number of aryl methyl sites for hydroxylation is 2. The number of pyridine rings is 1. The Balaban J connectivity index is 1.36. The van der Waals surface area contributed by atoms with Gasteiger partial charge in [0.25, 0.3) is 5.91 Å². The van der Waals surface area contributed by atoms with E-state index >= 15 is 0 Å². The van der Waals surface area contributed by atoms with Crippen LogP contribution in [0, 0.1) is 19.7 Å². The molecule has 0 aliphatic heterocycles. The number of imidazole rings is 1. The molecule has 0 fully saturated rings. The van der Waals surface area contributed by atoms with Crippen molar-refractivity contribution in [2.75, 3.05) is 5.32 Å². The minimum Gasteiger partial charge on any atom is -0.338 e. The van der Waals surface area contributed by atoms with E-state index in [2.05, 4.69) is 25.4 Å². The number of benzene rings is 2. The van der Waals surface area contributed by atoms with Gasteiger partial charge in [-0.1, -0.05) is 12.1 Å². The van der Waals surface area contributed by atoms with Crippen LogP contribution in [-0.4, -0.2) is 30.6 Å². The Hall–Kier alpha value is -4.33. The molecular weight excluding hydrogens is 407 g/mol. The maximum atomic E-state index is 13.5. The number of amides is 1. The van der Waals surface area contributed by atoms with E-state index in [0.717, 1.165) is 22.4 Å². The van der Waals surface area contributed by atoms with E-state index in [0.29, 0.717) is 28.5 Å². The van der Waals surface area contributed by atoms with Gasteiger partial charge in [-0.25, -0.2) is 19.0 Å². The topological polar surface area (TPSA) is 88.5 Å². The van der Waals surface area contributed by atoms with E-state index in [1.165, 1.54) is 18.3 Å². The first-order valence-electron chi connectivity index (χ1n) is 10.0. The second-order valence-corrected chi connectivity index (χ2v) is 7.53. The number of aromatic amines is 1. The Morgan fingerprint density at radius 1 is 1.06 bits per heavy atom. The molecule has 0 unspecified atom stereocenters. The third kappa shape index (κ3) is 3.74. The van der Waals surface area contributed by atoms with Gasteiger partial charge in [0.1, 0.15) is 11.6 Å². The van der Waals surface area contributed by atoms with E-state index in [1.54, 1.807) is 47.1 Å². The van der Waals surface area contributed by atoms with E-state index in [-0.39, 0.29) is 11.7 Å². The van der Waals surface area contributed by atoms with Crippen LogP contribution in [0.25, 0.3) is 28.2 Å². The number of aromatic nitrogens is 5. The quantitative estimate of drug-likeness (QED) is 0.431. The smallest absolute Gasteiger partial charge is 0.257 e. The highest BCUT2D eigenvalue weighted by Gasteiger charge is 2.11. The van der Waals surface area contributed by atoms with Crippen LogP contribution in [0.4, 0.5) is 10.1 Å². The van der Waals surface area contributed by atoms with Crippen molar-refractivity contribution in [2.45, 2.75) is 13.8 Å². The molecular formula is C24H19FN6O. The first kappa shape index (κ1) is 19.6. The summed E-state index contributed by atoms with van der Waals surface area (Å²) in [5.41, 5.74) is 5.03. The van der Waals surface area contributed by atoms with Crippen molar-refractivity contribution in [2.24, 2.45) is 0 Å². The number of halogens is 1. The number of H-pyrrole nitrogens is 1. The van der Waals surface area contributed by atoms with Gasteiger partial charge in [0.05, 0.1) is 22.3 Å². The van der Waals surface area contributed by atoms with Gasteiger partial charge in [0, 0.05) is 23.1 Å². The summed E-state index contributed by atoms with van der Waals surface area (Å²) in [5.74, 6) is 0.609. The number of carbonyl (C=O) groups excluding carboxylic acids is 1. The number of hydrogen-bond acceptors (Lipinski definition) is 4. The number of nitrogens with zero attached hydrogens (tertiary/aromatic N) is 4. The van der Waals surface area contributed by atoms with Gasteiger partial charge in [-0.3, -0.25) is 4.79 Å². The van der Waals surface area contributed by atoms with Crippen molar-refractivity contribution in [1.82, 2.24) is 24.7 Å². The zero-order chi connectivity index (χ0) is 22.2. The molecule has 1 amide bonds. The molecule has 158 valence electrons. The summed E-state index contributed by atoms with van der Waals surface area (Å²) < 4.78 is 15.3. The van der Waals surface area contributed by atoms with Gasteiger partial charge in [0.2, 0.25) is 0 Å². The third-order valence-electron chi connectivity index (χ3n) is 5.07. The van der Waals surface area contributed by atoms with Crippen molar-refractivity contribution in [3.8, 4) is 17.2 Å². The van der Waals surface area contributed by atoms with Gasteiger partial charge in [-0.15, -0.1) is 0 Å². The lowest BCUT2D eigenvalue weighted by Gasteiger charge is -2.07. The molecule has 7 nitrogen and oxygen atoms in total. The Labute approximate surface area is 183 Å². The Kier molecular flexibility index (Phi) is 4.74. The highest BCUT2D eigenvalue weighted by molar-refractivity contribution is 6.04. The van der Waals surface area contributed by atoms with Crippen LogP contribution in [0.5, 0.6) is 0 Å². The summed E-state index contributed by atoms with van der Waals surface area (Å²) in [6.07, 6.45) is 1.53. The van der Waals surface area contributed by atoms with Crippen molar-refractivity contribution in [3.05, 3.63) is 89.6 Å². The van der Waals surface area contributed by atoms with E-state index in [4.69, 9.17) is 0 Å². The van der Waals surface area contributed by atoms with Gasteiger partial charge in [-0.2, -0.15) is 5.10 Å². The number of hydrogen-bond donors (Lipinski definition) is 2. The van der Waals surface area contributed by atoms with Crippen molar-refractivity contribution in [1.29, 1.82) is 0 Å². The molecule has 0 saturated heterocycles.